The third kappa shape index (κ3) is 4.84. The molecule has 0 saturated carbocycles. The maximum atomic E-state index is 13.1. The van der Waals surface area contributed by atoms with Crippen molar-refractivity contribution in [2.24, 2.45) is 0 Å². The summed E-state index contributed by atoms with van der Waals surface area (Å²) in [5.41, 5.74) is 5.26. The Hall–Kier alpha value is -4.84. The molecular weight excluding hydrogens is 504 g/mol. The third-order valence-electron chi connectivity index (χ3n) is 7.35. The number of ether oxygens (including phenoxy) is 3. The second kappa shape index (κ2) is 10.7. The van der Waals surface area contributed by atoms with Crippen molar-refractivity contribution in [1.82, 2.24) is 0 Å². The molecule has 0 saturated heterocycles. The third-order valence-corrected chi connectivity index (χ3v) is 7.35. The fourth-order valence-electron chi connectivity index (χ4n) is 5.48. The monoisotopic (exact) mass is 532 g/mol. The Morgan fingerprint density at radius 2 is 1.65 bits per heavy atom. The van der Waals surface area contributed by atoms with E-state index in [4.69, 9.17) is 18.6 Å². The summed E-state index contributed by atoms with van der Waals surface area (Å²) in [5, 5.41) is 0.613. The highest BCUT2D eigenvalue weighted by atomic mass is 16.5. The minimum Gasteiger partial charge on any atom is -0.497 e. The lowest BCUT2D eigenvalue weighted by molar-refractivity contribution is -0.135. The molecule has 2 heterocycles. The average Bonchev–Trinajstić information content (AvgIpc) is 2.97. The summed E-state index contributed by atoms with van der Waals surface area (Å²) >= 11 is 0. The number of rotatable bonds is 7. The van der Waals surface area contributed by atoms with Crippen molar-refractivity contribution < 1.29 is 23.4 Å². The predicted molar refractivity (Wildman–Crippen MR) is 153 cm³/mol. The lowest BCUT2D eigenvalue weighted by atomic mass is 9.82. The molecule has 200 valence electrons. The first kappa shape index (κ1) is 25.4. The molecule has 0 aliphatic carbocycles. The van der Waals surface area contributed by atoms with Crippen molar-refractivity contribution in [1.29, 1.82) is 0 Å². The van der Waals surface area contributed by atoms with Crippen LogP contribution in [0.25, 0.3) is 22.1 Å². The number of carbonyl (C=O) groups excluding carboxylic acids is 1. The predicted octanol–water partition coefficient (Wildman–Crippen LogP) is 6.84. The van der Waals surface area contributed by atoms with Crippen LogP contribution in [0.2, 0.25) is 0 Å². The van der Waals surface area contributed by atoms with Gasteiger partial charge in [-0.15, -0.1) is 0 Å². The van der Waals surface area contributed by atoms with Gasteiger partial charge in [-0.05, 0) is 47.9 Å². The Balaban J connectivity index is 1.41. The molecule has 1 aliphatic heterocycles. The van der Waals surface area contributed by atoms with Crippen molar-refractivity contribution >= 4 is 16.9 Å². The second-order valence-corrected chi connectivity index (χ2v) is 9.87. The normalized spacial score (nSPS) is 14.4. The molecule has 1 aliphatic rings. The van der Waals surface area contributed by atoms with Crippen LogP contribution in [-0.4, -0.2) is 19.7 Å². The largest absolute Gasteiger partial charge is 0.497 e. The standard InChI is InChI=1S/C34H28O6/c1-21-18-29-33(26(19-30(35)39-29)23-8-4-3-5-9-23)34-32(21)27(20-31(36)40-34)25-10-6-7-11-28(25)38-17-16-22-12-14-24(37-2)15-13-22/h3-15,18-19,27H,16-17,20H2,1-2H3. The lowest BCUT2D eigenvalue weighted by Crippen LogP contribution is -2.23. The molecule has 0 amide bonds. The van der Waals surface area contributed by atoms with Crippen LogP contribution in [0.1, 0.15) is 34.6 Å². The number of aryl methyl sites for hydroxylation is 1. The summed E-state index contributed by atoms with van der Waals surface area (Å²) in [7, 11) is 1.65. The number of fused-ring (bicyclic) bond motifs is 3. The van der Waals surface area contributed by atoms with Crippen molar-refractivity contribution in [3.8, 4) is 28.4 Å². The zero-order valence-corrected chi connectivity index (χ0v) is 22.3. The maximum Gasteiger partial charge on any atom is 0.336 e. The smallest absolute Gasteiger partial charge is 0.336 e. The van der Waals surface area contributed by atoms with Crippen LogP contribution in [0.5, 0.6) is 17.2 Å². The summed E-state index contributed by atoms with van der Waals surface area (Å²) in [6.45, 7) is 2.43. The van der Waals surface area contributed by atoms with Gasteiger partial charge in [0, 0.05) is 35.1 Å². The molecule has 6 nitrogen and oxygen atoms in total. The minimum absolute atomic E-state index is 0.176. The van der Waals surface area contributed by atoms with Gasteiger partial charge in [0.2, 0.25) is 0 Å². The van der Waals surface area contributed by atoms with Gasteiger partial charge in [-0.2, -0.15) is 0 Å². The summed E-state index contributed by atoms with van der Waals surface area (Å²) in [4.78, 5) is 25.6. The van der Waals surface area contributed by atoms with E-state index in [1.54, 1.807) is 7.11 Å². The first-order valence-corrected chi connectivity index (χ1v) is 13.2. The van der Waals surface area contributed by atoms with Crippen molar-refractivity contribution in [3.05, 3.63) is 124 Å². The van der Waals surface area contributed by atoms with E-state index in [1.807, 2.05) is 91.9 Å². The van der Waals surface area contributed by atoms with Crippen LogP contribution < -0.4 is 19.8 Å². The quantitative estimate of drug-likeness (QED) is 0.130. The number of para-hydroxylation sites is 1. The summed E-state index contributed by atoms with van der Waals surface area (Å²) in [5.74, 6) is 1.35. The maximum absolute atomic E-state index is 13.1. The SMILES string of the molecule is COc1ccc(CCOc2ccccc2C2CC(=O)Oc3c2c(C)cc2oc(=O)cc(-c4ccccc4)c32)cc1. The van der Waals surface area contributed by atoms with Crippen molar-refractivity contribution in [3.63, 3.8) is 0 Å². The highest BCUT2D eigenvalue weighted by Crippen LogP contribution is 2.48. The number of benzene rings is 4. The molecule has 5 aromatic rings. The minimum atomic E-state index is -0.458. The summed E-state index contributed by atoms with van der Waals surface area (Å²) < 4.78 is 23.1. The van der Waals surface area contributed by atoms with Gasteiger partial charge in [0.1, 0.15) is 22.8 Å². The number of carbonyl (C=O) groups is 1. The van der Waals surface area contributed by atoms with Crippen molar-refractivity contribution in [2.75, 3.05) is 13.7 Å². The van der Waals surface area contributed by atoms with Crippen LogP contribution in [0.3, 0.4) is 0 Å². The van der Waals surface area contributed by atoms with Gasteiger partial charge in [0.15, 0.2) is 0 Å². The molecule has 0 radical (unpaired) electrons. The molecule has 1 unspecified atom stereocenters. The summed E-state index contributed by atoms with van der Waals surface area (Å²) in [6, 6.07) is 28.7. The van der Waals surface area contributed by atoms with Crippen molar-refractivity contribution in [2.45, 2.75) is 25.7 Å². The highest BCUT2D eigenvalue weighted by Gasteiger charge is 2.34. The molecular formula is C34H28O6. The van der Waals surface area contributed by atoms with E-state index in [-0.39, 0.29) is 18.3 Å². The zero-order chi connectivity index (χ0) is 27.6. The van der Waals surface area contributed by atoms with Gasteiger partial charge in [-0.1, -0.05) is 60.7 Å². The molecule has 6 heteroatoms. The van der Waals surface area contributed by atoms with Gasteiger partial charge >= 0.3 is 11.6 Å². The van der Waals surface area contributed by atoms with Gasteiger partial charge < -0.3 is 18.6 Å². The summed E-state index contributed by atoms with van der Waals surface area (Å²) in [6.07, 6.45) is 0.903. The molecule has 6 rings (SSSR count). The molecule has 4 aromatic carbocycles. The van der Waals surface area contributed by atoms with Crippen LogP contribution >= 0.6 is 0 Å². The number of esters is 1. The van der Waals surface area contributed by atoms with E-state index in [0.717, 1.165) is 45.7 Å². The Bertz CT molecular complexity index is 1750. The van der Waals surface area contributed by atoms with Gasteiger partial charge in [0.25, 0.3) is 0 Å². The zero-order valence-electron chi connectivity index (χ0n) is 22.3. The topological polar surface area (TPSA) is 75.0 Å². The molecule has 1 aromatic heterocycles. The lowest BCUT2D eigenvalue weighted by Gasteiger charge is -2.29. The first-order valence-electron chi connectivity index (χ1n) is 13.2. The molecule has 0 bridgehead atoms. The molecule has 1 atom stereocenters. The Kier molecular flexibility index (Phi) is 6.83. The van der Waals surface area contributed by atoms with Gasteiger partial charge in [0.05, 0.1) is 25.5 Å². The molecule has 0 fully saturated rings. The van der Waals surface area contributed by atoms with Crippen LogP contribution in [-0.2, 0) is 11.2 Å². The number of hydrogen-bond donors (Lipinski definition) is 0. The average molecular weight is 533 g/mol. The Morgan fingerprint density at radius 1 is 0.900 bits per heavy atom. The highest BCUT2D eigenvalue weighted by molar-refractivity contribution is 6.01. The second-order valence-electron chi connectivity index (χ2n) is 9.87. The molecule has 0 N–H and O–H groups in total. The van der Waals surface area contributed by atoms with Crippen LogP contribution in [0, 0.1) is 6.92 Å². The Morgan fingerprint density at radius 3 is 2.42 bits per heavy atom. The fraction of sp³-hybridized carbons (Fsp3) is 0.176. The Labute approximate surface area is 231 Å². The molecule has 40 heavy (non-hydrogen) atoms. The van der Waals surface area contributed by atoms with E-state index in [9.17, 15) is 9.59 Å². The fourth-order valence-corrected chi connectivity index (χ4v) is 5.48. The first-order chi connectivity index (χ1) is 19.5. The van der Waals surface area contributed by atoms with E-state index >= 15 is 0 Å². The van der Waals surface area contributed by atoms with Gasteiger partial charge in [-0.3, -0.25) is 4.79 Å². The van der Waals surface area contributed by atoms with E-state index in [2.05, 4.69) is 0 Å². The van der Waals surface area contributed by atoms with E-state index < -0.39 is 5.63 Å². The molecule has 0 spiro atoms. The van der Waals surface area contributed by atoms with E-state index in [1.165, 1.54) is 6.07 Å². The number of methoxy groups -OCH3 is 1. The van der Waals surface area contributed by atoms with Gasteiger partial charge in [-0.25, -0.2) is 4.79 Å². The van der Waals surface area contributed by atoms with E-state index in [0.29, 0.717) is 28.9 Å². The number of hydrogen-bond acceptors (Lipinski definition) is 6. The van der Waals surface area contributed by atoms with Crippen LogP contribution in [0.15, 0.2) is 100 Å². The van der Waals surface area contributed by atoms with Crippen LogP contribution in [0.4, 0.5) is 0 Å².